The molecule has 2 aromatic carbocycles. The molecule has 4 heteroatoms. The first-order valence-electron chi connectivity index (χ1n) is 9.94. The van der Waals surface area contributed by atoms with E-state index in [1.165, 1.54) is 36.0 Å². The summed E-state index contributed by atoms with van der Waals surface area (Å²) < 4.78 is 0. The van der Waals surface area contributed by atoms with Crippen LogP contribution in [0.1, 0.15) is 68.3 Å². The second-order valence-electron chi connectivity index (χ2n) is 7.18. The zero-order chi connectivity index (χ0) is 19.6. The number of rotatable bonds is 9. The van der Waals surface area contributed by atoms with E-state index in [1.807, 2.05) is 12.1 Å². The maximum absolute atomic E-state index is 11.6. The Bertz CT molecular complexity index is 712. The van der Waals surface area contributed by atoms with E-state index in [2.05, 4.69) is 73.1 Å². The van der Waals surface area contributed by atoms with Crippen molar-refractivity contribution in [1.82, 2.24) is 10.6 Å². The fourth-order valence-electron chi connectivity index (χ4n) is 3.22. The number of hydrogen-bond donors (Lipinski definition) is 3. The molecule has 0 saturated heterocycles. The van der Waals surface area contributed by atoms with Crippen LogP contribution in [0.3, 0.4) is 0 Å². The van der Waals surface area contributed by atoms with Crippen LogP contribution in [0.2, 0.25) is 0 Å². The van der Waals surface area contributed by atoms with E-state index in [-0.39, 0.29) is 18.1 Å². The highest BCUT2D eigenvalue weighted by Gasteiger charge is 2.16. The summed E-state index contributed by atoms with van der Waals surface area (Å²) in [5.74, 6) is 0. The molecule has 2 aromatic rings. The highest BCUT2D eigenvalue weighted by molar-refractivity contribution is 5.89. The Hall–Kier alpha value is -2.33. The van der Waals surface area contributed by atoms with Crippen LogP contribution >= 0.6 is 0 Å². The normalized spacial score (nSPS) is 13.0. The second-order valence-corrected chi connectivity index (χ2v) is 7.18. The summed E-state index contributed by atoms with van der Waals surface area (Å²) in [5, 5.41) is 9.26. The summed E-state index contributed by atoms with van der Waals surface area (Å²) in [5.41, 5.74) is 4.59. The number of carbonyl (C=O) groups excluding carboxylic acids is 1. The highest BCUT2D eigenvalue weighted by atomic mass is 16.2. The minimum absolute atomic E-state index is 0.198. The van der Waals surface area contributed by atoms with Gasteiger partial charge in [0.15, 0.2) is 0 Å². The van der Waals surface area contributed by atoms with E-state index in [4.69, 9.17) is 0 Å². The van der Waals surface area contributed by atoms with Gasteiger partial charge in [0.1, 0.15) is 0 Å². The van der Waals surface area contributed by atoms with Crippen molar-refractivity contribution in [3.05, 3.63) is 65.2 Å². The molecule has 2 atom stereocenters. The largest absolute Gasteiger partial charge is 0.341 e. The lowest BCUT2D eigenvalue weighted by molar-refractivity contribution is 0.254. The summed E-state index contributed by atoms with van der Waals surface area (Å²) >= 11 is 0. The third-order valence-corrected chi connectivity index (χ3v) is 4.90. The fraction of sp³-hybridized carbons (Fsp3) is 0.435. The average Bonchev–Trinajstić information content (AvgIpc) is 2.68. The lowest BCUT2D eigenvalue weighted by atomic mass is 9.97. The number of aryl methyl sites for hydroxylation is 1. The number of anilines is 1. The van der Waals surface area contributed by atoms with Crippen molar-refractivity contribution in [3.8, 4) is 0 Å². The topological polar surface area (TPSA) is 53.2 Å². The molecule has 2 amide bonds. The maximum atomic E-state index is 11.6. The Labute approximate surface area is 163 Å². The highest BCUT2D eigenvalue weighted by Crippen LogP contribution is 2.26. The third-order valence-electron chi connectivity index (χ3n) is 4.90. The molecule has 0 fully saturated rings. The molecule has 0 aromatic heterocycles. The van der Waals surface area contributed by atoms with Gasteiger partial charge in [-0.1, -0.05) is 68.1 Å². The Kier molecular flexibility index (Phi) is 8.34. The van der Waals surface area contributed by atoms with Crippen LogP contribution in [0, 0.1) is 6.92 Å². The van der Waals surface area contributed by atoms with Crippen molar-refractivity contribution in [2.24, 2.45) is 0 Å². The van der Waals surface area contributed by atoms with Crippen LogP contribution in [0.25, 0.3) is 0 Å². The van der Waals surface area contributed by atoms with Crippen LogP contribution in [-0.4, -0.2) is 13.1 Å². The number of amides is 2. The summed E-state index contributed by atoms with van der Waals surface area (Å²) in [6, 6.07) is 17.2. The predicted molar refractivity (Wildman–Crippen MR) is 114 cm³/mol. The zero-order valence-corrected chi connectivity index (χ0v) is 17.0. The molecule has 2 rings (SSSR count). The Balaban J connectivity index is 2.16. The zero-order valence-electron chi connectivity index (χ0n) is 17.0. The minimum Gasteiger partial charge on any atom is -0.341 e. The molecule has 0 bridgehead atoms. The van der Waals surface area contributed by atoms with E-state index in [0.29, 0.717) is 0 Å². The first-order chi connectivity index (χ1) is 13.0. The van der Waals surface area contributed by atoms with Crippen LogP contribution < -0.4 is 16.0 Å². The van der Waals surface area contributed by atoms with Gasteiger partial charge in [-0.3, -0.25) is 0 Å². The van der Waals surface area contributed by atoms with E-state index in [0.717, 1.165) is 12.1 Å². The predicted octanol–water partition coefficient (Wildman–Crippen LogP) is 5.72. The van der Waals surface area contributed by atoms with Gasteiger partial charge >= 0.3 is 6.03 Å². The van der Waals surface area contributed by atoms with Gasteiger partial charge in [0, 0.05) is 24.8 Å². The number of nitrogens with one attached hydrogen (secondary N) is 3. The van der Waals surface area contributed by atoms with Gasteiger partial charge in [-0.15, -0.1) is 0 Å². The van der Waals surface area contributed by atoms with Gasteiger partial charge in [0.05, 0.1) is 0 Å². The summed E-state index contributed by atoms with van der Waals surface area (Å²) in [7, 11) is 1.62. The van der Waals surface area contributed by atoms with Crippen molar-refractivity contribution in [2.45, 2.75) is 58.5 Å². The van der Waals surface area contributed by atoms with E-state index < -0.39 is 0 Å². The molecular weight excluding hydrogens is 334 g/mol. The van der Waals surface area contributed by atoms with Crippen molar-refractivity contribution in [2.75, 3.05) is 12.4 Å². The van der Waals surface area contributed by atoms with Crippen LogP contribution in [-0.2, 0) is 0 Å². The second kappa shape index (κ2) is 10.7. The number of benzene rings is 2. The minimum atomic E-state index is -0.198. The first kappa shape index (κ1) is 21.0. The van der Waals surface area contributed by atoms with Gasteiger partial charge in [-0.2, -0.15) is 0 Å². The Morgan fingerprint density at radius 1 is 1.04 bits per heavy atom. The molecule has 0 aliphatic rings. The Morgan fingerprint density at radius 3 is 2.44 bits per heavy atom. The number of urea groups is 1. The summed E-state index contributed by atoms with van der Waals surface area (Å²) in [4.78, 5) is 11.6. The third kappa shape index (κ3) is 6.72. The molecular formula is C23H33N3O. The molecule has 27 heavy (non-hydrogen) atoms. The van der Waals surface area contributed by atoms with Gasteiger partial charge in [-0.25, -0.2) is 4.79 Å². The molecule has 2 unspecified atom stereocenters. The van der Waals surface area contributed by atoms with Crippen molar-refractivity contribution >= 4 is 11.7 Å². The molecule has 0 aliphatic carbocycles. The summed E-state index contributed by atoms with van der Waals surface area (Å²) in [6.45, 7) is 6.55. The first-order valence-corrected chi connectivity index (χ1v) is 9.94. The fourth-order valence-corrected chi connectivity index (χ4v) is 3.22. The van der Waals surface area contributed by atoms with Crippen molar-refractivity contribution < 1.29 is 4.79 Å². The number of hydrogen-bond acceptors (Lipinski definition) is 2. The molecule has 0 saturated carbocycles. The maximum Gasteiger partial charge on any atom is 0.318 e. The van der Waals surface area contributed by atoms with Gasteiger partial charge in [0.25, 0.3) is 0 Å². The van der Waals surface area contributed by atoms with Gasteiger partial charge < -0.3 is 16.0 Å². The molecule has 146 valence electrons. The van der Waals surface area contributed by atoms with Crippen LogP contribution in [0.15, 0.2) is 48.5 Å². The average molecular weight is 368 g/mol. The van der Waals surface area contributed by atoms with Crippen LogP contribution in [0.4, 0.5) is 10.5 Å². The molecule has 0 heterocycles. The lowest BCUT2D eigenvalue weighted by Gasteiger charge is -2.25. The van der Waals surface area contributed by atoms with Crippen molar-refractivity contribution in [3.63, 3.8) is 0 Å². The van der Waals surface area contributed by atoms with E-state index in [1.54, 1.807) is 7.05 Å². The van der Waals surface area contributed by atoms with Gasteiger partial charge in [-0.05, 0) is 43.5 Å². The van der Waals surface area contributed by atoms with E-state index >= 15 is 0 Å². The number of unbranched alkanes of at least 4 members (excludes halogenated alkanes) is 2. The number of carbonyl (C=O) groups is 1. The molecule has 3 N–H and O–H groups in total. The lowest BCUT2D eigenvalue weighted by Crippen LogP contribution is -2.26. The van der Waals surface area contributed by atoms with Gasteiger partial charge in [0.2, 0.25) is 0 Å². The summed E-state index contributed by atoms with van der Waals surface area (Å²) in [6.07, 6.45) is 4.70. The van der Waals surface area contributed by atoms with E-state index in [9.17, 15) is 4.79 Å². The Morgan fingerprint density at radius 2 is 1.78 bits per heavy atom. The molecule has 0 aliphatic heterocycles. The molecule has 0 radical (unpaired) electrons. The molecule has 0 spiro atoms. The van der Waals surface area contributed by atoms with Crippen LogP contribution in [0.5, 0.6) is 0 Å². The quantitative estimate of drug-likeness (QED) is 0.497. The molecule has 4 nitrogen and oxygen atoms in total. The SMILES string of the molecule is CCCCCC(NC(C)c1ccc(C)cc1)c1cccc(NC(=O)NC)c1. The van der Waals surface area contributed by atoms with Crippen molar-refractivity contribution in [1.29, 1.82) is 0 Å². The monoisotopic (exact) mass is 367 g/mol. The smallest absolute Gasteiger partial charge is 0.318 e. The standard InChI is InChI=1S/C23H33N3O/c1-5-6-7-11-22(25-18(3)19-14-12-17(2)13-15-19)20-9-8-10-21(16-20)26-23(27)24-4/h8-10,12-16,18,22,25H,5-7,11H2,1-4H3,(H2,24,26,27).